The number of phenols is 1. The van der Waals surface area contributed by atoms with E-state index in [-0.39, 0.29) is 41.4 Å². The molecule has 0 aromatic heterocycles. The molecule has 5 nitrogen and oxygen atoms in total. The Morgan fingerprint density at radius 1 is 1.09 bits per heavy atom. The quantitative estimate of drug-likeness (QED) is 0.459. The van der Waals surface area contributed by atoms with Gasteiger partial charge in [0.15, 0.2) is 0 Å². The lowest BCUT2D eigenvalue weighted by atomic mass is 9.70. The summed E-state index contributed by atoms with van der Waals surface area (Å²) in [6.45, 7) is 4.74. The van der Waals surface area contributed by atoms with E-state index in [4.69, 9.17) is 4.74 Å². The number of ether oxygens (including phenoxy) is 1. The fraction of sp³-hybridized carbons (Fsp3) is 0.379. The predicted molar refractivity (Wildman–Crippen MR) is 132 cm³/mol. The van der Waals surface area contributed by atoms with Crippen LogP contribution in [0.2, 0.25) is 0 Å². The van der Waals surface area contributed by atoms with Crippen molar-refractivity contribution < 1.29 is 19.4 Å². The van der Waals surface area contributed by atoms with E-state index in [0.29, 0.717) is 18.7 Å². The first-order valence-electron chi connectivity index (χ1n) is 12.2. The number of amides is 2. The SMILES string of the molecule is CC/C(=C\c1cccc(O)c1)CC[C@H]1OC[C@H]2C1=C(C)C[C@H]1C(=O)N(c3ccccc3)C(=O)[C@H]12. The lowest BCUT2D eigenvalue weighted by Gasteiger charge is -2.30. The van der Waals surface area contributed by atoms with E-state index < -0.39 is 0 Å². The van der Waals surface area contributed by atoms with Gasteiger partial charge in [-0.1, -0.05) is 54.5 Å². The molecule has 0 radical (unpaired) electrons. The van der Waals surface area contributed by atoms with Crippen LogP contribution in [-0.4, -0.2) is 29.6 Å². The summed E-state index contributed by atoms with van der Waals surface area (Å²) >= 11 is 0. The van der Waals surface area contributed by atoms with Crippen LogP contribution in [0, 0.1) is 17.8 Å². The first kappa shape index (κ1) is 22.6. The lowest BCUT2D eigenvalue weighted by molar-refractivity contribution is -0.122. The Balaban J connectivity index is 1.34. The Morgan fingerprint density at radius 3 is 2.62 bits per heavy atom. The molecule has 0 bridgehead atoms. The molecule has 0 saturated carbocycles. The molecule has 34 heavy (non-hydrogen) atoms. The second-order valence-electron chi connectivity index (χ2n) is 9.64. The molecule has 3 aliphatic rings. The number of phenolic OH excluding ortho intramolecular Hbond substituents is 1. The molecular weight excluding hydrogens is 426 g/mol. The Kier molecular flexibility index (Phi) is 6.13. The van der Waals surface area contributed by atoms with Gasteiger partial charge >= 0.3 is 0 Å². The zero-order chi connectivity index (χ0) is 23.8. The molecule has 0 unspecified atom stereocenters. The maximum Gasteiger partial charge on any atom is 0.238 e. The second-order valence-corrected chi connectivity index (χ2v) is 9.64. The van der Waals surface area contributed by atoms with Crippen LogP contribution >= 0.6 is 0 Å². The summed E-state index contributed by atoms with van der Waals surface area (Å²) in [5.41, 5.74) is 5.40. The van der Waals surface area contributed by atoms with Crippen molar-refractivity contribution in [1.29, 1.82) is 0 Å². The molecule has 1 N–H and O–H groups in total. The number of allylic oxidation sites excluding steroid dienone is 2. The molecule has 2 aromatic carbocycles. The zero-order valence-corrected chi connectivity index (χ0v) is 19.7. The number of para-hydroxylation sites is 1. The minimum absolute atomic E-state index is 0.0150. The topological polar surface area (TPSA) is 66.8 Å². The molecule has 2 aromatic rings. The Labute approximate surface area is 200 Å². The van der Waals surface area contributed by atoms with Gasteiger partial charge in [0.1, 0.15) is 5.75 Å². The Bertz CT molecular complexity index is 1170. The van der Waals surface area contributed by atoms with Crippen molar-refractivity contribution in [2.75, 3.05) is 11.5 Å². The fourth-order valence-corrected chi connectivity index (χ4v) is 5.98. The minimum Gasteiger partial charge on any atom is -0.508 e. The number of carbonyl (C=O) groups is 2. The van der Waals surface area contributed by atoms with Crippen LogP contribution in [0.15, 0.2) is 71.3 Å². The van der Waals surface area contributed by atoms with Gasteiger partial charge in [0.25, 0.3) is 0 Å². The van der Waals surface area contributed by atoms with Crippen LogP contribution in [0.5, 0.6) is 5.75 Å². The van der Waals surface area contributed by atoms with E-state index in [9.17, 15) is 14.7 Å². The molecular formula is C29H31NO4. The van der Waals surface area contributed by atoms with E-state index in [1.54, 1.807) is 12.1 Å². The maximum absolute atomic E-state index is 13.4. The number of fused-ring (bicyclic) bond motifs is 3. The fourth-order valence-electron chi connectivity index (χ4n) is 5.98. The smallest absolute Gasteiger partial charge is 0.238 e. The van der Waals surface area contributed by atoms with Crippen molar-refractivity contribution in [3.05, 3.63) is 76.9 Å². The standard InChI is InChI=1S/C29H31NO4/c1-3-19(15-20-8-7-11-22(31)16-20)12-13-25-26-18(2)14-23-27(24(26)17-34-25)29(33)30(28(23)32)21-9-5-4-6-10-21/h4-11,15-16,23-25,27,31H,3,12-14,17H2,1-2H3/b19-15+/t23-,24+,25-,27-/m1/s1. The average molecular weight is 458 g/mol. The molecule has 2 saturated heterocycles. The van der Waals surface area contributed by atoms with Gasteiger partial charge in [-0.25, -0.2) is 0 Å². The van der Waals surface area contributed by atoms with Gasteiger partial charge in [-0.15, -0.1) is 0 Å². The van der Waals surface area contributed by atoms with Crippen molar-refractivity contribution in [2.45, 2.75) is 45.6 Å². The second kappa shape index (κ2) is 9.22. The van der Waals surface area contributed by atoms with E-state index in [0.717, 1.165) is 24.8 Å². The normalized spacial score (nSPS) is 26.8. The van der Waals surface area contributed by atoms with E-state index in [2.05, 4.69) is 19.9 Å². The van der Waals surface area contributed by atoms with Crippen LogP contribution in [0.3, 0.4) is 0 Å². The van der Waals surface area contributed by atoms with Gasteiger partial charge in [-0.3, -0.25) is 14.5 Å². The highest BCUT2D eigenvalue weighted by atomic mass is 16.5. The number of anilines is 1. The summed E-state index contributed by atoms with van der Waals surface area (Å²) in [4.78, 5) is 28.1. The van der Waals surface area contributed by atoms with E-state index >= 15 is 0 Å². The summed E-state index contributed by atoms with van der Waals surface area (Å²) in [5.74, 6) is -0.535. The third kappa shape index (κ3) is 3.98. The van der Waals surface area contributed by atoms with E-state index in [1.165, 1.54) is 21.6 Å². The van der Waals surface area contributed by atoms with Gasteiger partial charge in [0, 0.05) is 5.92 Å². The van der Waals surface area contributed by atoms with Gasteiger partial charge in [0.2, 0.25) is 11.8 Å². The number of hydrogen-bond acceptors (Lipinski definition) is 4. The van der Waals surface area contributed by atoms with E-state index in [1.807, 2.05) is 42.5 Å². The summed E-state index contributed by atoms with van der Waals surface area (Å²) in [6.07, 6.45) is 5.42. The molecule has 1 aliphatic carbocycles. The van der Waals surface area contributed by atoms with Crippen LogP contribution in [-0.2, 0) is 14.3 Å². The number of hydrogen-bond donors (Lipinski definition) is 1. The largest absolute Gasteiger partial charge is 0.508 e. The molecule has 2 heterocycles. The highest BCUT2D eigenvalue weighted by Crippen LogP contribution is 2.50. The summed E-state index contributed by atoms with van der Waals surface area (Å²) in [5, 5.41) is 9.76. The Morgan fingerprint density at radius 2 is 1.88 bits per heavy atom. The third-order valence-corrected chi connectivity index (χ3v) is 7.59. The number of imide groups is 1. The summed E-state index contributed by atoms with van der Waals surface area (Å²) < 4.78 is 6.26. The van der Waals surface area contributed by atoms with Gasteiger partial charge in [-0.2, -0.15) is 0 Å². The highest BCUT2D eigenvalue weighted by Gasteiger charge is 2.56. The molecule has 2 amide bonds. The molecule has 0 spiro atoms. The number of aromatic hydroxyl groups is 1. The first-order valence-corrected chi connectivity index (χ1v) is 12.2. The molecule has 2 aliphatic heterocycles. The minimum atomic E-state index is -0.329. The molecule has 176 valence electrons. The summed E-state index contributed by atoms with van der Waals surface area (Å²) in [7, 11) is 0. The average Bonchev–Trinajstić information content (AvgIpc) is 3.36. The predicted octanol–water partition coefficient (Wildman–Crippen LogP) is 5.51. The highest BCUT2D eigenvalue weighted by molar-refractivity contribution is 6.22. The lowest BCUT2D eigenvalue weighted by Crippen LogP contribution is -2.34. The molecule has 5 heteroatoms. The zero-order valence-electron chi connectivity index (χ0n) is 19.7. The van der Waals surface area contributed by atoms with Gasteiger partial charge in [0.05, 0.1) is 30.2 Å². The van der Waals surface area contributed by atoms with Crippen LogP contribution in [0.1, 0.15) is 45.1 Å². The number of nitrogens with zero attached hydrogens (tertiary/aromatic N) is 1. The van der Waals surface area contributed by atoms with Crippen LogP contribution in [0.25, 0.3) is 6.08 Å². The molecule has 5 rings (SSSR count). The molecule has 4 atom stereocenters. The maximum atomic E-state index is 13.4. The van der Waals surface area contributed by atoms with Crippen molar-refractivity contribution in [3.8, 4) is 5.75 Å². The number of benzene rings is 2. The van der Waals surface area contributed by atoms with Crippen molar-refractivity contribution in [2.24, 2.45) is 17.8 Å². The van der Waals surface area contributed by atoms with Gasteiger partial charge < -0.3 is 9.84 Å². The Hall–Kier alpha value is -3.18. The van der Waals surface area contributed by atoms with Crippen molar-refractivity contribution in [3.63, 3.8) is 0 Å². The summed E-state index contributed by atoms with van der Waals surface area (Å²) in [6, 6.07) is 16.5. The van der Waals surface area contributed by atoms with Gasteiger partial charge in [-0.05, 0) is 68.0 Å². The van der Waals surface area contributed by atoms with Crippen molar-refractivity contribution >= 4 is 23.6 Å². The molecule has 2 fully saturated rings. The third-order valence-electron chi connectivity index (χ3n) is 7.59. The monoisotopic (exact) mass is 457 g/mol. The first-order chi connectivity index (χ1) is 16.5. The van der Waals surface area contributed by atoms with Crippen molar-refractivity contribution in [1.82, 2.24) is 0 Å². The van der Waals surface area contributed by atoms with Crippen LogP contribution < -0.4 is 4.90 Å². The van der Waals surface area contributed by atoms with Crippen LogP contribution in [0.4, 0.5) is 5.69 Å². The number of carbonyl (C=O) groups excluding carboxylic acids is 2. The number of rotatable bonds is 6.